The van der Waals surface area contributed by atoms with E-state index in [9.17, 15) is 0 Å². The highest BCUT2D eigenvalue weighted by molar-refractivity contribution is 4.80. The van der Waals surface area contributed by atoms with Gasteiger partial charge in [-0.15, -0.1) is 0 Å². The highest BCUT2D eigenvalue weighted by Crippen LogP contribution is 2.28. The van der Waals surface area contributed by atoms with E-state index in [-0.39, 0.29) is 0 Å². The van der Waals surface area contributed by atoms with Crippen LogP contribution >= 0.6 is 0 Å². The molecule has 1 saturated heterocycles. The number of nitrogens with zero attached hydrogens (tertiary/aromatic N) is 1. The third-order valence-corrected chi connectivity index (χ3v) is 3.46. The molecule has 0 amide bonds. The lowest BCUT2D eigenvalue weighted by atomic mass is 9.82. The number of piperidine rings is 1. The van der Waals surface area contributed by atoms with E-state index >= 15 is 0 Å². The quantitative estimate of drug-likeness (QED) is 0.614. The van der Waals surface area contributed by atoms with Crippen molar-refractivity contribution in [2.45, 2.75) is 46.1 Å². The largest absolute Gasteiger partial charge is 0.303 e. The molecule has 0 N–H and O–H groups in total. The van der Waals surface area contributed by atoms with Gasteiger partial charge in [0.05, 0.1) is 0 Å². The van der Waals surface area contributed by atoms with E-state index in [0.717, 1.165) is 17.9 Å². The van der Waals surface area contributed by atoms with Crippen molar-refractivity contribution in [3.8, 4) is 0 Å². The van der Waals surface area contributed by atoms with Crippen LogP contribution in [0.3, 0.4) is 0 Å². The van der Waals surface area contributed by atoms with Gasteiger partial charge in [0.1, 0.15) is 0 Å². The Bertz CT molecular complexity index is 131. The minimum absolute atomic E-state index is 0.853. The number of hydrogen-bond acceptors (Lipinski definition) is 1. The van der Waals surface area contributed by atoms with Gasteiger partial charge in [0, 0.05) is 6.04 Å². The molecule has 0 aromatic heterocycles. The smallest absolute Gasteiger partial charge is 0.00923 e. The van der Waals surface area contributed by atoms with Crippen molar-refractivity contribution in [1.29, 1.82) is 0 Å². The molecule has 12 heavy (non-hydrogen) atoms. The van der Waals surface area contributed by atoms with E-state index in [2.05, 4.69) is 32.7 Å². The Morgan fingerprint density at radius 1 is 1.42 bits per heavy atom. The predicted molar refractivity (Wildman–Crippen MR) is 54.3 cm³/mol. The van der Waals surface area contributed by atoms with E-state index in [1.54, 1.807) is 0 Å². The molecule has 2 unspecified atom stereocenters. The maximum Gasteiger partial charge on any atom is 0.00923 e. The first-order chi connectivity index (χ1) is 5.65. The lowest BCUT2D eigenvalue weighted by molar-refractivity contribution is 0.115. The molecule has 2 atom stereocenters. The first-order valence-electron chi connectivity index (χ1n) is 5.35. The van der Waals surface area contributed by atoms with Gasteiger partial charge < -0.3 is 4.90 Å². The summed E-state index contributed by atoms with van der Waals surface area (Å²) in [5.74, 6) is 1.86. The number of hydrogen-bond donors (Lipinski definition) is 0. The van der Waals surface area contributed by atoms with Gasteiger partial charge >= 0.3 is 0 Å². The van der Waals surface area contributed by atoms with Crippen LogP contribution in [0, 0.1) is 11.8 Å². The second-order valence-corrected chi connectivity index (χ2v) is 4.57. The zero-order valence-electron chi connectivity index (χ0n) is 9.01. The van der Waals surface area contributed by atoms with Gasteiger partial charge in [-0.05, 0) is 44.7 Å². The summed E-state index contributed by atoms with van der Waals surface area (Å²) >= 11 is 0. The Labute approximate surface area is 77.1 Å². The van der Waals surface area contributed by atoms with Crippen LogP contribution in [0.25, 0.3) is 0 Å². The van der Waals surface area contributed by atoms with E-state index in [4.69, 9.17) is 0 Å². The second-order valence-electron chi connectivity index (χ2n) is 4.57. The summed E-state index contributed by atoms with van der Waals surface area (Å²) in [5, 5.41) is 0. The molecule has 0 saturated carbocycles. The van der Waals surface area contributed by atoms with Gasteiger partial charge in [-0.3, -0.25) is 0 Å². The molecule has 1 heterocycles. The fourth-order valence-electron chi connectivity index (χ4n) is 2.28. The molecule has 1 aliphatic rings. The van der Waals surface area contributed by atoms with Crippen LogP contribution in [-0.4, -0.2) is 24.5 Å². The molecule has 1 aliphatic heterocycles. The normalized spacial score (nSPS) is 32.8. The molecular formula is C11H23N. The van der Waals surface area contributed by atoms with Crippen LogP contribution in [0.1, 0.15) is 40.0 Å². The van der Waals surface area contributed by atoms with Crippen LogP contribution in [0.2, 0.25) is 0 Å². The first kappa shape index (κ1) is 10.0. The van der Waals surface area contributed by atoms with Crippen LogP contribution in [0.5, 0.6) is 0 Å². The van der Waals surface area contributed by atoms with E-state index < -0.39 is 0 Å². The topological polar surface area (TPSA) is 3.24 Å². The number of likely N-dealkylation sites (tertiary alicyclic amines) is 1. The summed E-state index contributed by atoms with van der Waals surface area (Å²) in [6, 6.07) is 0.853. The van der Waals surface area contributed by atoms with Crippen molar-refractivity contribution in [3.05, 3.63) is 0 Å². The minimum Gasteiger partial charge on any atom is -0.303 e. The van der Waals surface area contributed by atoms with Gasteiger partial charge in [-0.2, -0.15) is 0 Å². The SMILES string of the molecule is CCC1CC(C(C)C)CCN1C. The fourth-order valence-corrected chi connectivity index (χ4v) is 2.28. The monoisotopic (exact) mass is 169 g/mol. The van der Waals surface area contributed by atoms with Crippen LogP contribution < -0.4 is 0 Å². The third kappa shape index (κ3) is 2.22. The van der Waals surface area contributed by atoms with Crippen molar-refractivity contribution in [2.24, 2.45) is 11.8 Å². The Morgan fingerprint density at radius 2 is 2.08 bits per heavy atom. The average molecular weight is 169 g/mol. The van der Waals surface area contributed by atoms with Crippen molar-refractivity contribution in [2.75, 3.05) is 13.6 Å². The Balaban J connectivity index is 2.44. The molecule has 72 valence electrons. The molecule has 0 aromatic carbocycles. The van der Waals surface area contributed by atoms with E-state index in [1.165, 1.54) is 25.8 Å². The minimum atomic E-state index is 0.853. The molecule has 0 radical (unpaired) electrons. The predicted octanol–water partition coefficient (Wildman–Crippen LogP) is 2.76. The lowest BCUT2D eigenvalue weighted by Crippen LogP contribution is -2.40. The summed E-state index contributed by atoms with van der Waals surface area (Å²) in [7, 11) is 2.27. The van der Waals surface area contributed by atoms with Gasteiger partial charge in [-0.25, -0.2) is 0 Å². The molecule has 1 fully saturated rings. The standard InChI is InChI=1S/C11H23N/c1-5-11-8-10(9(2)3)6-7-12(11)4/h9-11H,5-8H2,1-4H3. The Kier molecular flexibility index (Phi) is 3.57. The van der Waals surface area contributed by atoms with Crippen LogP contribution in [0.4, 0.5) is 0 Å². The summed E-state index contributed by atoms with van der Waals surface area (Å²) in [4.78, 5) is 2.53. The van der Waals surface area contributed by atoms with Crippen molar-refractivity contribution in [1.82, 2.24) is 4.90 Å². The fraction of sp³-hybridized carbons (Fsp3) is 1.00. The van der Waals surface area contributed by atoms with Crippen molar-refractivity contribution < 1.29 is 0 Å². The molecule has 0 spiro atoms. The molecule has 1 heteroatoms. The molecular weight excluding hydrogens is 146 g/mol. The highest BCUT2D eigenvalue weighted by Gasteiger charge is 2.26. The molecule has 1 nitrogen and oxygen atoms in total. The van der Waals surface area contributed by atoms with Crippen molar-refractivity contribution >= 4 is 0 Å². The lowest BCUT2D eigenvalue weighted by Gasteiger charge is -2.38. The number of rotatable bonds is 2. The zero-order chi connectivity index (χ0) is 9.14. The molecule has 0 bridgehead atoms. The Morgan fingerprint density at radius 3 is 2.58 bits per heavy atom. The molecule has 0 aromatic rings. The molecule has 1 rings (SSSR count). The van der Waals surface area contributed by atoms with Crippen LogP contribution in [-0.2, 0) is 0 Å². The summed E-state index contributed by atoms with van der Waals surface area (Å²) in [5.41, 5.74) is 0. The summed E-state index contributed by atoms with van der Waals surface area (Å²) < 4.78 is 0. The zero-order valence-corrected chi connectivity index (χ0v) is 9.01. The van der Waals surface area contributed by atoms with Gasteiger partial charge in [0.25, 0.3) is 0 Å². The first-order valence-corrected chi connectivity index (χ1v) is 5.35. The second kappa shape index (κ2) is 4.27. The Hall–Kier alpha value is -0.0400. The summed E-state index contributed by atoms with van der Waals surface area (Å²) in [6.45, 7) is 8.34. The van der Waals surface area contributed by atoms with Crippen LogP contribution in [0.15, 0.2) is 0 Å². The highest BCUT2D eigenvalue weighted by atomic mass is 15.1. The maximum absolute atomic E-state index is 2.53. The van der Waals surface area contributed by atoms with E-state index in [1.807, 2.05) is 0 Å². The maximum atomic E-state index is 2.53. The van der Waals surface area contributed by atoms with Crippen molar-refractivity contribution in [3.63, 3.8) is 0 Å². The van der Waals surface area contributed by atoms with Gasteiger partial charge in [0.2, 0.25) is 0 Å². The molecule has 0 aliphatic carbocycles. The average Bonchev–Trinajstić information content (AvgIpc) is 2.05. The van der Waals surface area contributed by atoms with E-state index in [0.29, 0.717) is 0 Å². The third-order valence-electron chi connectivity index (χ3n) is 3.46. The van der Waals surface area contributed by atoms with Gasteiger partial charge in [-0.1, -0.05) is 20.8 Å². The summed E-state index contributed by atoms with van der Waals surface area (Å²) in [6.07, 6.45) is 4.15. The van der Waals surface area contributed by atoms with Gasteiger partial charge in [0.15, 0.2) is 0 Å².